The Balaban J connectivity index is 0.00000295. The van der Waals surface area contributed by atoms with Gasteiger partial charge in [-0.2, -0.15) is 8.42 Å². The molecular weight excluding hydrogens is 629 g/mol. The number of rotatable bonds is 34. The third-order valence-electron chi connectivity index (χ3n) is 11.7. The fourth-order valence-electron chi connectivity index (χ4n) is 7.90. The van der Waals surface area contributed by atoms with Crippen molar-refractivity contribution in [2.24, 2.45) is 0 Å². The number of hydrogen-bond donors (Lipinski definition) is 1. The number of likely N-dealkylation sites (N-methyl/N-ethyl adjacent to an activating group) is 2. The van der Waals surface area contributed by atoms with E-state index in [9.17, 15) is 8.42 Å². The van der Waals surface area contributed by atoms with Crippen molar-refractivity contribution in [3.8, 4) is 0 Å². The lowest BCUT2D eigenvalue weighted by molar-refractivity contribution is -1.03. The molecule has 1 aliphatic rings. The Morgan fingerprint density at radius 2 is 0.633 bits per heavy atom. The van der Waals surface area contributed by atoms with Crippen LogP contribution >= 0.6 is 0 Å². The molecule has 1 heterocycles. The zero-order valence-electron chi connectivity index (χ0n) is 34.1. The molecular formula is C42H90N2O4S+2. The van der Waals surface area contributed by atoms with Crippen molar-refractivity contribution in [2.75, 3.05) is 59.0 Å². The smallest absolute Gasteiger partial charge is 0.315 e. The minimum atomic E-state index is -4.17. The Labute approximate surface area is 309 Å². The van der Waals surface area contributed by atoms with E-state index >= 15 is 0 Å². The molecule has 0 aromatic carbocycles. The van der Waals surface area contributed by atoms with E-state index in [1.165, 1.54) is 248 Å². The van der Waals surface area contributed by atoms with E-state index in [1.54, 1.807) is 0 Å². The first-order valence-electron chi connectivity index (χ1n) is 22.0. The number of unbranched alkanes of at least 4 members (excludes halogenated alkanes) is 26. The topological polar surface area (TPSA) is 63.6 Å². The zero-order valence-corrected chi connectivity index (χ0v) is 35.0. The number of nitrogens with zero attached hydrogens (tertiary/aromatic N) is 2. The van der Waals surface area contributed by atoms with Gasteiger partial charge < -0.3 is 8.97 Å². The summed E-state index contributed by atoms with van der Waals surface area (Å²) in [6.45, 7) is 22.4. The molecule has 1 fully saturated rings. The molecule has 296 valence electrons. The normalized spacial score (nSPS) is 19.6. The summed E-state index contributed by atoms with van der Waals surface area (Å²) in [5.74, 6) is 0. The molecule has 0 amide bonds. The van der Waals surface area contributed by atoms with Gasteiger partial charge in [0.1, 0.15) is 26.2 Å². The highest BCUT2D eigenvalue weighted by Gasteiger charge is 2.39. The third-order valence-corrected chi connectivity index (χ3v) is 12.2. The van der Waals surface area contributed by atoms with Gasteiger partial charge in [-0.1, -0.05) is 168 Å². The van der Waals surface area contributed by atoms with Gasteiger partial charge in [0.25, 0.3) is 0 Å². The second-order valence-electron chi connectivity index (χ2n) is 15.7. The van der Waals surface area contributed by atoms with Crippen LogP contribution < -0.4 is 0 Å². The van der Waals surface area contributed by atoms with Gasteiger partial charge in [-0.3, -0.25) is 4.55 Å². The number of hydrogen-bond acceptors (Lipinski definition) is 3. The molecule has 0 aromatic heterocycles. The Morgan fingerprint density at radius 1 is 0.408 bits per heavy atom. The summed E-state index contributed by atoms with van der Waals surface area (Å²) in [4.78, 5) is 0. The summed E-state index contributed by atoms with van der Waals surface area (Å²) in [6, 6.07) is 0. The van der Waals surface area contributed by atoms with E-state index < -0.39 is 10.4 Å². The van der Waals surface area contributed by atoms with Crippen LogP contribution in [0.2, 0.25) is 0 Å². The highest BCUT2D eigenvalue weighted by molar-refractivity contribution is 7.80. The maximum absolute atomic E-state index is 9.56. The Hall–Kier alpha value is -0.210. The molecule has 0 radical (unpaired) electrons. The average Bonchev–Trinajstić information content (AvgIpc) is 3.09. The standard InChI is InChI=1S/C40H84N2.C2H6O4S/c1-5-9-11-13-15-17-19-21-23-25-27-29-31-33-35-41(7-3)37-39-42(8-4,40-38-41)36-34-32-30-28-26-24-22-20-18-16-14-12-10-6-2;1-2-6-7(3,4)5/h5-40H2,1-4H3;2H2,1H3,(H,3,4,5)/q+2;. The molecule has 0 unspecified atom stereocenters. The van der Waals surface area contributed by atoms with Crippen LogP contribution in [0, 0.1) is 0 Å². The first-order chi connectivity index (χ1) is 23.7. The molecule has 6 nitrogen and oxygen atoms in total. The van der Waals surface area contributed by atoms with Crippen LogP contribution in [-0.2, 0) is 14.6 Å². The third kappa shape index (κ3) is 30.0. The van der Waals surface area contributed by atoms with E-state index in [-0.39, 0.29) is 6.61 Å². The lowest BCUT2D eigenvalue weighted by atomic mass is 10.0. The van der Waals surface area contributed by atoms with Crippen molar-refractivity contribution in [1.82, 2.24) is 0 Å². The van der Waals surface area contributed by atoms with Gasteiger partial charge in [0.2, 0.25) is 0 Å². The van der Waals surface area contributed by atoms with Crippen molar-refractivity contribution in [3.05, 3.63) is 0 Å². The van der Waals surface area contributed by atoms with Crippen molar-refractivity contribution < 1.29 is 26.1 Å². The van der Waals surface area contributed by atoms with Crippen LogP contribution in [0.3, 0.4) is 0 Å². The molecule has 1 N–H and O–H groups in total. The molecule has 0 bridgehead atoms. The van der Waals surface area contributed by atoms with Gasteiger partial charge in [-0.15, -0.1) is 0 Å². The molecule has 0 aliphatic carbocycles. The van der Waals surface area contributed by atoms with Gasteiger partial charge in [0.05, 0.1) is 32.8 Å². The first kappa shape index (κ1) is 48.8. The maximum Gasteiger partial charge on any atom is 0.397 e. The minimum Gasteiger partial charge on any atom is -0.315 e. The van der Waals surface area contributed by atoms with Crippen LogP contribution in [0.25, 0.3) is 0 Å². The van der Waals surface area contributed by atoms with E-state index in [2.05, 4.69) is 31.9 Å². The molecule has 0 atom stereocenters. The summed E-state index contributed by atoms with van der Waals surface area (Å²) in [6.07, 6.45) is 41.1. The lowest BCUT2D eigenvalue weighted by Crippen LogP contribution is -2.67. The quantitative estimate of drug-likeness (QED) is 0.0409. The Morgan fingerprint density at radius 3 is 0.796 bits per heavy atom. The van der Waals surface area contributed by atoms with Crippen molar-refractivity contribution in [3.63, 3.8) is 0 Å². The van der Waals surface area contributed by atoms with Gasteiger partial charge in [-0.05, 0) is 46.5 Å². The summed E-state index contributed by atoms with van der Waals surface area (Å²) >= 11 is 0. The summed E-state index contributed by atoms with van der Waals surface area (Å²) < 4.78 is 33.5. The predicted molar refractivity (Wildman–Crippen MR) is 215 cm³/mol. The van der Waals surface area contributed by atoms with Crippen molar-refractivity contribution >= 4 is 10.4 Å². The zero-order chi connectivity index (χ0) is 36.4. The Bertz CT molecular complexity index is 736. The van der Waals surface area contributed by atoms with Crippen LogP contribution in [0.15, 0.2) is 0 Å². The molecule has 1 saturated heterocycles. The van der Waals surface area contributed by atoms with Crippen molar-refractivity contribution in [2.45, 2.75) is 214 Å². The summed E-state index contributed by atoms with van der Waals surface area (Å²) in [7, 11) is -4.17. The molecule has 0 saturated carbocycles. The van der Waals surface area contributed by atoms with E-state index in [4.69, 9.17) is 4.55 Å². The van der Waals surface area contributed by atoms with Gasteiger partial charge in [0, 0.05) is 0 Å². The fourth-order valence-corrected chi connectivity index (χ4v) is 8.20. The van der Waals surface area contributed by atoms with E-state index in [1.807, 2.05) is 0 Å². The van der Waals surface area contributed by atoms with Gasteiger partial charge in [0.15, 0.2) is 0 Å². The summed E-state index contributed by atoms with van der Waals surface area (Å²) in [5, 5.41) is 0. The molecule has 0 aromatic rings. The molecule has 0 spiro atoms. The summed E-state index contributed by atoms with van der Waals surface area (Å²) in [5.41, 5.74) is 0. The van der Waals surface area contributed by atoms with Crippen LogP contribution in [-0.4, -0.2) is 80.9 Å². The maximum atomic E-state index is 9.56. The average molecular weight is 719 g/mol. The number of quaternary nitrogens is 2. The largest absolute Gasteiger partial charge is 0.397 e. The minimum absolute atomic E-state index is 0.0289. The van der Waals surface area contributed by atoms with Crippen LogP contribution in [0.5, 0.6) is 0 Å². The Kier molecular flexibility index (Phi) is 33.5. The lowest BCUT2D eigenvalue weighted by Gasteiger charge is -2.49. The fraction of sp³-hybridized carbons (Fsp3) is 1.00. The molecule has 1 rings (SSSR count). The monoisotopic (exact) mass is 719 g/mol. The highest BCUT2D eigenvalue weighted by Crippen LogP contribution is 2.23. The van der Waals surface area contributed by atoms with E-state index in [0.717, 1.165) is 0 Å². The first-order valence-corrected chi connectivity index (χ1v) is 23.4. The second kappa shape index (κ2) is 33.6. The van der Waals surface area contributed by atoms with E-state index in [0.29, 0.717) is 0 Å². The highest BCUT2D eigenvalue weighted by atomic mass is 32.3. The molecule has 1 aliphatic heterocycles. The molecule has 49 heavy (non-hydrogen) atoms. The van der Waals surface area contributed by atoms with Crippen LogP contribution in [0.4, 0.5) is 0 Å². The number of piperazine rings is 1. The SMILES string of the molecule is CCCCCCCCCCCCCCCC[N+]1(CC)CC[N+](CC)(CCCCCCCCCCCCCCCC)CC1.CCOS(=O)(=O)O. The second-order valence-corrected chi connectivity index (χ2v) is 16.8. The van der Waals surface area contributed by atoms with Gasteiger partial charge in [-0.25, -0.2) is 4.18 Å². The molecule has 7 heteroatoms. The van der Waals surface area contributed by atoms with Crippen LogP contribution in [0.1, 0.15) is 214 Å². The predicted octanol–water partition coefficient (Wildman–Crippen LogP) is 12.5. The van der Waals surface area contributed by atoms with Crippen molar-refractivity contribution in [1.29, 1.82) is 0 Å². The van der Waals surface area contributed by atoms with Gasteiger partial charge >= 0.3 is 10.4 Å².